The molecule has 1 saturated carbocycles. The topological polar surface area (TPSA) is 29.5 Å². The van der Waals surface area contributed by atoms with E-state index < -0.39 is 5.60 Å². The fraction of sp³-hybridized carbons (Fsp3) is 0.667. The van der Waals surface area contributed by atoms with Gasteiger partial charge in [-0.3, -0.25) is 4.90 Å². The summed E-state index contributed by atoms with van der Waals surface area (Å²) in [6.45, 7) is 5.42. The summed E-state index contributed by atoms with van der Waals surface area (Å²) in [6.07, 6.45) is 12.5. The van der Waals surface area contributed by atoms with E-state index in [0.717, 1.165) is 24.1 Å². The first-order chi connectivity index (χ1) is 11.6. The summed E-state index contributed by atoms with van der Waals surface area (Å²) in [5.74, 6) is 7.24. The number of hydrogen-bond acceptors (Lipinski definition) is 3. The van der Waals surface area contributed by atoms with Crippen molar-refractivity contribution in [2.75, 3.05) is 6.54 Å². The van der Waals surface area contributed by atoms with E-state index >= 15 is 0 Å². The zero-order valence-corrected chi connectivity index (χ0v) is 14.8. The molecular weight excluding hydrogens is 298 g/mol. The monoisotopic (exact) mass is 325 g/mol. The lowest BCUT2D eigenvalue weighted by molar-refractivity contribution is -0.151. The van der Waals surface area contributed by atoms with Crippen LogP contribution in [0.1, 0.15) is 58.8 Å². The lowest BCUT2D eigenvalue weighted by Gasteiger charge is -2.45. The van der Waals surface area contributed by atoms with Gasteiger partial charge in [-0.1, -0.05) is 37.2 Å². The van der Waals surface area contributed by atoms with Crippen molar-refractivity contribution in [1.29, 1.82) is 0 Å². The quantitative estimate of drug-likeness (QED) is 0.503. The van der Waals surface area contributed by atoms with Crippen LogP contribution in [0.2, 0.25) is 0 Å². The summed E-state index contributed by atoms with van der Waals surface area (Å²) >= 11 is 0. The molecule has 0 unspecified atom stereocenters. The van der Waals surface area contributed by atoms with Crippen LogP contribution in [0.5, 0.6) is 0 Å². The Kier molecular flexibility index (Phi) is 4.04. The van der Waals surface area contributed by atoms with E-state index in [1.165, 1.54) is 38.5 Å². The summed E-state index contributed by atoms with van der Waals surface area (Å²) in [5, 5.41) is 0. The molecule has 4 aliphatic rings. The molecule has 2 fully saturated rings. The number of carbonyl (C=O) groups is 1. The highest BCUT2D eigenvalue weighted by Crippen LogP contribution is 2.44. The highest BCUT2D eigenvalue weighted by atomic mass is 16.6. The number of esters is 1. The summed E-state index contributed by atoms with van der Waals surface area (Å²) in [6, 6.07) is 0.603. The van der Waals surface area contributed by atoms with Gasteiger partial charge in [0, 0.05) is 29.2 Å². The molecule has 0 spiro atoms. The Morgan fingerprint density at radius 2 is 1.96 bits per heavy atom. The van der Waals surface area contributed by atoms with Crippen molar-refractivity contribution < 1.29 is 9.53 Å². The molecule has 3 heterocycles. The molecule has 1 saturated heterocycles. The van der Waals surface area contributed by atoms with E-state index in [1.54, 1.807) is 6.08 Å². The van der Waals surface area contributed by atoms with Gasteiger partial charge in [-0.05, 0) is 46.1 Å². The molecule has 3 aliphatic heterocycles. The van der Waals surface area contributed by atoms with Crippen LogP contribution in [0, 0.1) is 17.8 Å². The summed E-state index contributed by atoms with van der Waals surface area (Å²) in [4.78, 5) is 14.6. The molecule has 0 radical (unpaired) electrons. The lowest BCUT2D eigenvalue weighted by Crippen LogP contribution is -2.55. The summed E-state index contributed by atoms with van der Waals surface area (Å²) in [5.41, 5.74) is 1.50. The van der Waals surface area contributed by atoms with E-state index in [0.29, 0.717) is 12.0 Å². The second kappa shape index (κ2) is 6.08. The molecule has 0 aromatic rings. The molecule has 0 aromatic carbocycles. The molecule has 0 aromatic heterocycles. The normalized spacial score (nSPS) is 36.7. The summed E-state index contributed by atoms with van der Waals surface area (Å²) in [7, 11) is 0. The van der Waals surface area contributed by atoms with Gasteiger partial charge < -0.3 is 4.74 Å². The van der Waals surface area contributed by atoms with Crippen LogP contribution in [0.3, 0.4) is 0 Å². The Balaban J connectivity index is 1.74. The highest BCUT2D eigenvalue weighted by Gasteiger charge is 2.51. The van der Waals surface area contributed by atoms with Crippen molar-refractivity contribution in [3.8, 4) is 11.8 Å². The molecule has 4 rings (SSSR count). The summed E-state index contributed by atoms with van der Waals surface area (Å²) < 4.78 is 5.87. The number of carbonyl (C=O) groups excluding carboxylic acids is 1. The lowest BCUT2D eigenvalue weighted by atomic mass is 9.81. The molecule has 3 heteroatoms. The van der Waals surface area contributed by atoms with Gasteiger partial charge in [-0.15, -0.1) is 0 Å². The van der Waals surface area contributed by atoms with E-state index in [9.17, 15) is 4.79 Å². The maximum absolute atomic E-state index is 12.1. The molecule has 0 amide bonds. The average Bonchev–Trinajstić information content (AvgIpc) is 3.17. The van der Waals surface area contributed by atoms with Gasteiger partial charge in [0.2, 0.25) is 0 Å². The van der Waals surface area contributed by atoms with Crippen LogP contribution < -0.4 is 0 Å². The van der Waals surface area contributed by atoms with Crippen molar-refractivity contribution in [1.82, 2.24) is 4.90 Å². The SMILES string of the molecule is C[C@H]1C=C(C#CC2CCCC2)C2=CC(=O)O[C@]2(C)[C@H]2CCCCN12. The Morgan fingerprint density at radius 1 is 1.21 bits per heavy atom. The number of nitrogens with zero attached hydrogens (tertiary/aromatic N) is 1. The molecule has 3 atom stereocenters. The van der Waals surface area contributed by atoms with Gasteiger partial charge in [0.05, 0.1) is 6.04 Å². The average molecular weight is 325 g/mol. The number of hydrogen-bond donors (Lipinski definition) is 0. The fourth-order valence-electron chi connectivity index (χ4n) is 4.97. The zero-order valence-electron chi connectivity index (χ0n) is 14.8. The van der Waals surface area contributed by atoms with Crippen molar-refractivity contribution in [3.63, 3.8) is 0 Å². The molecule has 24 heavy (non-hydrogen) atoms. The van der Waals surface area contributed by atoms with E-state index in [1.807, 2.05) is 0 Å². The first-order valence-corrected chi connectivity index (χ1v) is 9.52. The minimum Gasteiger partial charge on any atom is -0.450 e. The first-order valence-electron chi connectivity index (χ1n) is 9.52. The van der Waals surface area contributed by atoms with Gasteiger partial charge >= 0.3 is 5.97 Å². The molecule has 1 aliphatic carbocycles. The molecule has 3 nitrogen and oxygen atoms in total. The molecule has 128 valence electrons. The van der Waals surface area contributed by atoms with Gasteiger partial charge in [-0.25, -0.2) is 4.79 Å². The number of fused-ring (bicyclic) bond motifs is 3. The Morgan fingerprint density at radius 3 is 2.75 bits per heavy atom. The maximum Gasteiger partial charge on any atom is 0.332 e. The second-order valence-electron chi connectivity index (χ2n) is 7.91. The number of piperidine rings is 1. The van der Waals surface area contributed by atoms with Crippen LogP contribution in [0.4, 0.5) is 0 Å². The Bertz CT molecular complexity index is 659. The third-order valence-corrected chi connectivity index (χ3v) is 6.28. The first kappa shape index (κ1) is 16.0. The molecular formula is C21H27NO2. The highest BCUT2D eigenvalue weighted by molar-refractivity contribution is 5.89. The predicted octanol–water partition coefficient (Wildman–Crippen LogP) is 3.60. The largest absolute Gasteiger partial charge is 0.450 e. The number of rotatable bonds is 0. The van der Waals surface area contributed by atoms with E-state index in [4.69, 9.17) is 4.74 Å². The standard InChI is InChI=1S/C21H27NO2/c1-15-13-17(11-10-16-7-3-4-8-16)18-14-20(23)24-21(18,2)19-9-5-6-12-22(15)19/h13-16,19H,3-9,12H2,1-2H3/t15-,19+,21-/m0/s1. The Hall–Kier alpha value is -1.53. The van der Waals surface area contributed by atoms with Crippen molar-refractivity contribution in [2.45, 2.75) is 76.5 Å². The smallest absolute Gasteiger partial charge is 0.332 e. The van der Waals surface area contributed by atoms with Gasteiger partial charge in [0.15, 0.2) is 5.60 Å². The van der Waals surface area contributed by atoms with Crippen LogP contribution in [0.15, 0.2) is 23.3 Å². The van der Waals surface area contributed by atoms with Gasteiger partial charge in [0.1, 0.15) is 0 Å². The van der Waals surface area contributed by atoms with Gasteiger partial charge in [0.25, 0.3) is 0 Å². The third-order valence-electron chi connectivity index (χ3n) is 6.28. The minimum atomic E-state index is -0.543. The Labute approximate surface area is 145 Å². The zero-order chi connectivity index (χ0) is 16.7. The van der Waals surface area contributed by atoms with E-state index in [2.05, 4.69) is 36.7 Å². The van der Waals surface area contributed by atoms with Crippen LogP contribution in [0.25, 0.3) is 0 Å². The fourth-order valence-corrected chi connectivity index (χ4v) is 4.97. The van der Waals surface area contributed by atoms with Crippen molar-refractivity contribution >= 4 is 5.97 Å². The van der Waals surface area contributed by atoms with Crippen LogP contribution in [-0.4, -0.2) is 35.1 Å². The van der Waals surface area contributed by atoms with Gasteiger partial charge in [-0.2, -0.15) is 0 Å². The molecule has 0 bridgehead atoms. The van der Waals surface area contributed by atoms with Crippen molar-refractivity contribution in [2.24, 2.45) is 5.92 Å². The number of ether oxygens (including phenoxy) is 1. The van der Waals surface area contributed by atoms with Crippen LogP contribution in [-0.2, 0) is 9.53 Å². The predicted molar refractivity (Wildman–Crippen MR) is 94.2 cm³/mol. The van der Waals surface area contributed by atoms with Crippen LogP contribution >= 0.6 is 0 Å². The maximum atomic E-state index is 12.1. The third kappa shape index (κ3) is 2.62. The molecule has 0 N–H and O–H groups in total. The van der Waals surface area contributed by atoms with Crippen molar-refractivity contribution in [3.05, 3.63) is 23.3 Å². The van der Waals surface area contributed by atoms with E-state index in [-0.39, 0.29) is 12.0 Å². The minimum absolute atomic E-state index is 0.207. The second-order valence-corrected chi connectivity index (χ2v) is 7.91.